The Labute approximate surface area is 87.4 Å². The van der Waals surface area contributed by atoms with Gasteiger partial charge in [-0.15, -0.1) is 0 Å². The lowest BCUT2D eigenvalue weighted by Crippen LogP contribution is -2.44. The van der Waals surface area contributed by atoms with Crippen molar-refractivity contribution in [3.63, 3.8) is 0 Å². The molecular formula is C8H19N2P3. The van der Waals surface area contributed by atoms with Crippen molar-refractivity contribution in [1.82, 2.24) is 9.34 Å². The number of fused-ring (bicyclic) bond motifs is 1. The normalized spacial score (nSPS) is 38.3. The molecule has 0 radical (unpaired) electrons. The first-order valence-corrected chi connectivity index (χ1v) is 8.27. The van der Waals surface area contributed by atoms with Crippen LogP contribution in [0.3, 0.4) is 0 Å². The van der Waals surface area contributed by atoms with Crippen LogP contribution in [0.4, 0.5) is 0 Å². The Morgan fingerprint density at radius 3 is 2.62 bits per heavy atom. The maximum absolute atomic E-state index is 2.87. The standard InChI is InChI=1S/C8H19N2P3/c11-9-3-1-7-2-4-10(13-12)6-8(7)5-9/h7-8,13H,1-6,11-12H2. The quantitative estimate of drug-likeness (QED) is 0.640. The van der Waals surface area contributed by atoms with Gasteiger partial charge in [-0.3, -0.25) is 9.34 Å². The van der Waals surface area contributed by atoms with Gasteiger partial charge in [-0.25, -0.2) is 0 Å². The zero-order valence-electron chi connectivity index (χ0n) is 7.95. The number of piperidine rings is 2. The molecule has 0 aliphatic carbocycles. The van der Waals surface area contributed by atoms with Gasteiger partial charge in [0.15, 0.2) is 0 Å². The summed E-state index contributed by atoms with van der Waals surface area (Å²) in [6.07, 6.45) is 2.85. The molecule has 0 aromatic heterocycles. The molecule has 0 saturated carbocycles. The van der Waals surface area contributed by atoms with Gasteiger partial charge in [0.2, 0.25) is 0 Å². The smallest absolute Gasteiger partial charge is 0.00649 e. The zero-order valence-corrected chi connectivity index (χ0v) is 11.3. The maximum atomic E-state index is 2.87. The minimum Gasteiger partial charge on any atom is -0.287 e. The van der Waals surface area contributed by atoms with Crippen molar-refractivity contribution < 1.29 is 0 Å². The molecule has 2 aliphatic heterocycles. The lowest BCUT2D eigenvalue weighted by molar-refractivity contribution is 0.119. The molecule has 2 heterocycles. The highest BCUT2D eigenvalue weighted by Gasteiger charge is 2.32. The third kappa shape index (κ3) is 2.61. The van der Waals surface area contributed by atoms with Gasteiger partial charge in [0.1, 0.15) is 0 Å². The monoisotopic (exact) mass is 236 g/mol. The van der Waals surface area contributed by atoms with Crippen molar-refractivity contribution in [3.8, 4) is 0 Å². The molecule has 2 rings (SSSR count). The van der Waals surface area contributed by atoms with E-state index in [1.807, 2.05) is 0 Å². The Morgan fingerprint density at radius 2 is 1.85 bits per heavy atom. The van der Waals surface area contributed by atoms with Crippen molar-refractivity contribution in [2.45, 2.75) is 12.8 Å². The van der Waals surface area contributed by atoms with Gasteiger partial charge in [-0.05, 0) is 33.1 Å². The van der Waals surface area contributed by atoms with E-state index in [9.17, 15) is 0 Å². The van der Waals surface area contributed by atoms with Gasteiger partial charge >= 0.3 is 0 Å². The van der Waals surface area contributed by atoms with Gasteiger partial charge in [-0.2, -0.15) is 0 Å². The molecule has 0 spiro atoms. The van der Waals surface area contributed by atoms with Crippen LogP contribution in [0.15, 0.2) is 0 Å². The van der Waals surface area contributed by atoms with E-state index in [-0.39, 0.29) is 0 Å². The fourth-order valence-electron chi connectivity index (χ4n) is 2.51. The van der Waals surface area contributed by atoms with Crippen molar-refractivity contribution in [3.05, 3.63) is 0 Å². The predicted octanol–water partition coefficient (Wildman–Crippen LogP) is 1.80. The Hall–Kier alpha value is 1.21. The molecule has 0 N–H and O–H groups in total. The van der Waals surface area contributed by atoms with Crippen LogP contribution in [0, 0.1) is 11.8 Å². The molecule has 5 unspecified atom stereocenters. The molecule has 76 valence electrons. The summed E-state index contributed by atoms with van der Waals surface area (Å²) < 4.78 is 5.01. The van der Waals surface area contributed by atoms with Gasteiger partial charge < -0.3 is 0 Å². The first-order chi connectivity index (χ1) is 6.29. The topological polar surface area (TPSA) is 6.48 Å². The van der Waals surface area contributed by atoms with Crippen LogP contribution in [-0.2, 0) is 0 Å². The van der Waals surface area contributed by atoms with Crippen LogP contribution in [0.25, 0.3) is 0 Å². The highest BCUT2D eigenvalue weighted by molar-refractivity contribution is 8.01. The fraction of sp³-hybridized carbons (Fsp3) is 1.00. The number of rotatable bonds is 1. The first kappa shape index (κ1) is 10.7. The van der Waals surface area contributed by atoms with Crippen LogP contribution >= 0.6 is 26.7 Å². The molecule has 13 heavy (non-hydrogen) atoms. The van der Waals surface area contributed by atoms with Gasteiger partial charge in [0.25, 0.3) is 0 Å². The van der Waals surface area contributed by atoms with E-state index in [2.05, 4.69) is 27.7 Å². The molecule has 2 aliphatic rings. The Balaban J connectivity index is 1.91. The summed E-state index contributed by atoms with van der Waals surface area (Å²) in [7, 11) is 6.66. The van der Waals surface area contributed by atoms with E-state index in [1.165, 1.54) is 39.0 Å². The minimum absolute atomic E-state index is 0.928. The number of hydrogen-bond donors (Lipinski definition) is 0. The van der Waals surface area contributed by atoms with Crippen molar-refractivity contribution in [1.29, 1.82) is 0 Å². The fourth-order valence-corrected chi connectivity index (χ4v) is 4.23. The summed E-state index contributed by atoms with van der Waals surface area (Å²) in [4.78, 5) is 0. The second kappa shape index (κ2) is 4.82. The lowest BCUT2D eigenvalue weighted by Gasteiger charge is -2.43. The average Bonchev–Trinajstić information content (AvgIpc) is 2.16. The second-order valence-corrected chi connectivity index (χ2v) is 6.56. The van der Waals surface area contributed by atoms with E-state index < -0.39 is 0 Å². The molecule has 2 fully saturated rings. The first-order valence-electron chi connectivity index (χ1n) is 5.00. The molecular weight excluding hydrogens is 217 g/mol. The highest BCUT2D eigenvalue weighted by atomic mass is 32.0. The summed E-state index contributed by atoms with van der Waals surface area (Å²) in [6, 6.07) is 0. The van der Waals surface area contributed by atoms with E-state index in [0.717, 1.165) is 20.3 Å². The van der Waals surface area contributed by atoms with E-state index in [1.54, 1.807) is 0 Å². The third-order valence-corrected chi connectivity index (χ3v) is 5.67. The average molecular weight is 236 g/mol. The molecule has 0 aromatic carbocycles. The third-order valence-electron chi connectivity index (χ3n) is 3.33. The molecule has 5 heteroatoms. The Bertz CT molecular complexity index is 179. The minimum atomic E-state index is 0.928. The van der Waals surface area contributed by atoms with Crippen LogP contribution in [-0.4, -0.2) is 35.5 Å². The van der Waals surface area contributed by atoms with Gasteiger partial charge in [0.05, 0.1) is 0 Å². The summed E-state index contributed by atoms with van der Waals surface area (Å²) in [5, 5.41) is 0. The summed E-state index contributed by atoms with van der Waals surface area (Å²) in [6.45, 7) is 5.24. The molecule has 5 atom stereocenters. The van der Waals surface area contributed by atoms with Gasteiger partial charge in [0, 0.05) is 26.2 Å². The SMILES string of the molecule is PPN1CCC2CCN(P)CC2C1. The second-order valence-electron chi connectivity index (χ2n) is 4.17. The predicted molar refractivity (Wildman–Crippen MR) is 67.1 cm³/mol. The maximum Gasteiger partial charge on any atom is 0.00649 e. The molecule has 0 aromatic rings. The number of nitrogens with zero attached hydrogens (tertiary/aromatic N) is 2. The number of hydrogen-bond acceptors (Lipinski definition) is 2. The van der Waals surface area contributed by atoms with E-state index in [0.29, 0.717) is 0 Å². The summed E-state index contributed by atoms with van der Waals surface area (Å²) in [5.41, 5.74) is 0. The van der Waals surface area contributed by atoms with Crippen molar-refractivity contribution in [2.24, 2.45) is 11.8 Å². The molecule has 2 nitrogen and oxygen atoms in total. The Morgan fingerprint density at radius 1 is 1.08 bits per heavy atom. The summed E-state index contributed by atoms with van der Waals surface area (Å²) >= 11 is 0. The molecule has 0 amide bonds. The van der Waals surface area contributed by atoms with Crippen molar-refractivity contribution in [2.75, 3.05) is 26.2 Å². The Kier molecular flexibility index (Phi) is 3.98. The zero-order chi connectivity index (χ0) is 9.26. The van der Waals surface area contributed by atoms with Crippen LogP contribution < -0.4 is 0 Å². The van der Waals surface area contributed by atoms with Crippen molar-refractivity contribution >= 4 is 26.7 Å². The highest BCUT2D eigenvalue weighted by Crippen LogP contribution is 2.38. The van der Waals surface area contributed by atoms with Crippen LogP contribution in [0.1, 0.15) is 12.8 Å². The summed E-state index contributed by atoms with van der Waals surface area (Å²) in [5.74, 6) is 1.96. The van der Waals surface area contributed by atoms with Crippen LogP contribution in [0.2, 0.25) is 0 Å². The van der Waals surface area contributed by atoms with Gasteiger partial charge in [-0.1, -0.05) is 18.3 Å². The van der Waals surface area contributed by atoms with E-state index >= 15 is 0 Å². The lowest BCUT2D eigenvalue weighted by atomic mass is 9.82. The van der Waals surface area contributed by atoms with Crippen LogP contribution in [0.5, 0.6) is 0 Å². The van der Waals surface area contributed by atoms with E-state index in [4.69, 9.17) is 0 Å². The molecule has 0 bridgehead atoms. The largest absolute Gasteiger partial charge is 0.287 e. The molecule has 2 saturated heterocycles.